The zero-order chi connectivity index (χ0) is 22.6. The maximum atomic E-state index is 12.4. The average molecular weight is 461 g/mol. The summed E-state index contributed by atoms with van der Waals surface area (Å²) in [6, 6.07) is 13.5. The van der Waals surface area contributed by atoms with Gasteiger partial charge in [-0.3, -0.25) is 4.90 Å². The van der Waals surface area contributed by atoms with E-state index in [4.69, 9.17) is 13.7 Å². The first-order chi connectivity index (χ1) is 15.5. The summed E-state index contributed by atoms with van der Waals surface area (Å²) in [7, 11) is -0.238. The normalized spacial score (nSPS) is 18.0. The monoisotopic (exact) mass is 460 g/mol. The number of hydrogen-bond acceptors (Lipinski definition) is 7. The third kappa shape index (κ3) is 5.30. The molecule has 32 heavy (non-hydrogen) atoms. The van der Waals surface area contributed by atoms with E-state index in [1.165, 1.54) is 5.56 Å². The molecule has 1 aliphatic heterocycles. The maximum Gasteiger partial charge on any atom is 0.312 e. The predicted molar refractivity (Wildman–Crippen MR) is 125 cm³/mol. The molecule has 0 N–H and O–H groups in total. The van der Waals surface area contributed by atoms with Crippen LogP contribution in [0.4, 0.5) is 5.69 Å². The van der Waals surface area contributed by atoms with Crippen LogP contribution in [0.15, 0.2) is 42.5 Å². The number of nitrogens with zero attached hydrogens (tertiary/aromatic N) is 2. The quantitative estimate of drug-likeness (QED) is 0.557. The van der Waals surface area contributed by atoms with E-state index in [0.29, 0.717) is 18.6 Å². The summed E-state index contributed by atoms with van der Waals surface area (Å²) in [6.45, 7) is 4.58. The Labute approximate surface area is 191 Å². The molecule has 2 fully saturated rings. The van der Waals surface area contributed by atoms with E-state index in [1.54, 1.807) is 26.4 Å². The second kappa shape index (κ2) is 10.0. The number of rotatable bonds is 8. The van der Waals surface area contributed by atoms with Crippen molar-refractivity contribution >= 4 is 15.8 Å². The molecule has 174 valence electrons. The number of hydrogen-bond donors (Lipinski definition) is 0. The van der Waals surface area contributed by atoms with E-state index in [9.17, 15) is 8.42 Å². The van der Waals surface area contributed by atoms with E-state index in [-0.39, 0.29) is 5.25 Å². The molecule has 1 saturated heterocycles. The lowest BCUT2D eigenvalue weighted by Crippen LogP contribution is -2.45. The second-order valence-corrected chi connectivity index (χ2v) is 10.2. The SMILES string of the molecule is COc1ccc(CN2CCN(c3ccc(OS(=O)(=O)C4CCCC4)cc3)CC2)cc1OC. The molecule has 0 amide bonds. The molecule has 1 saturated carbocycles. The molecular formula is C24H32N2O5S. The first-order valence-corrected chi connectivity index (χ1v) is 12.7. The van der Waals surface area contributed by atoms with Crippen LogP contribution in [0.2, 0.25) is 0 Å². The highest BCUT2D eigenvalue weighted by atomic mass is 32.2. The standard InChI is InChI=1S/C24H32N2O5S/c1-29-23-12-7-19(17-24(23)30-2)18-25-13-15-26(16-14-25)20-8-10-21(11-9-20)31-32(27,28)22-5-3-4-6-22/h7-12,17,22H,3-6,13-16,18H2,1-2H3. The van der Waals surface area contributed by atoms with E-state index in [0.717, 1.165) is 62.8 Å². The van der Waals surface area contributed by atoms with Crippen molar-refractivity contribution in [1.29, 1.82) is 0 Å². The van der Waals surface area contributed by atoms with Crippen molar-refractivity contribution in [3.05, 3.63) is 48.0 Å². The van der Waals surface area contributed by atoms with Crippen molar-refractivity contribution in [2.24, 2.45) is 0 Å². The van der Waals surface area contributed by atoms with E-state index < -0.39 is 10.1 Å². The van der Waals surface area contributed by atoms with E-state index in [2.05, 4.69) is 15.9 Å². The number of methoxy groups -OCH3 is 2. The Morgan fingerprint density at radius 3 is 2.16 bits per heavy atom. The van der Waals surface area contributed by atoms with Gasteiger partial charge < -0.3 is 18.6 Å². The molecule has 0 atom stereocenters. The Hall–Kier alpha value is -2.45. The van der Waals surface area contributed by atoms with Gasteiger partial charge in [-0.1, -0.05) is 18.9 Å². The second-order valence-electron chi connectivity index (χ2n) is 8.43. The van der Waals surface area contributed by atoms with Gasteiger partial charge in [-0.05, 0) is 54.8 Å². The van der Waals surface area contributed by atoms with Gasteiger partial charge in [0, 0.05) is 38.4 Å². The minimum atomic E-state index is -3.53. The summed E-state index contributed by atoms with van der Waals surface area (Å²) in [4.78, 5) is 4.74. The van der Waals surface area contributed by atoms with Crippen molar-refractivity contribution in [3.63, 3.8) is 0 Å². The zero-order valence-corrected chi connectivity index (χ0v) is 19.6. The van der Waals surface area contributed by atoms with Crippen LogP contribution in [0.1, 0.15) is 31.2 Å². The number of benzene rings is 2. The van der Waals surface area contributed by atoms with E-state index >= 15 is 0 Å². The smallest absolute Gasteiger partial charge is 0.312 e. The molecule has 8 heteroatoms. The zero-order valence-electron chi connectivity index (χ0n) is 18.8. The summed E-state index contributed by atoms with van der Waals surface area (Å²) in [5, 5.41) is -0.360. The molecule has 2 aromatic rings. The molecule has 7 nitrogen and oxygen atoms in total. The average Bonchev–Trinajstić information content (AvgIpc) is 3.36. The molecule has 4 rings (SSSR count). The van der Waals surface area contributed by atoms with Gasteiger partial charge >= 0.3 is 10.1 Å². The largest absolute Gasteiger partial charge is 0.493 e. The van der Waals surface area contributed by atoms with Crippen LogP contribution in [-0.2, 0) is 16.7 Å². The lowest BCUT2D eigenvalue weighted by Gasteiger charge is -2.36. The molecule has 0 aromatic heterocycles. The Bertz CT molecular complexity index is 996. The fourth-order valence-corrected chi connectivity index (χ4v) is 5.92. The third-order valence-electron chi connectivity index (χ3n) is 6.35. The van der Waals surface area contributed by atoms with Crippen LogP contribution in [0, 0.1) is 0 Å². The highest BCUT2D eigenvalue weighted by Gasteiger charge is 2.30. The molecule has 1 aliphatic carbocycles. The minimum absolute atomic E-state index is 0.360. The van der Waals surface area contributed by atoms with Crippen molar-refractivity contribution in [1.82, 2.24) is 4.90 Å². The van der Waals surface area contributed by atoms with Gasteiger partial charge in [0.15, 0.2) is 11.5 Å². The molecular weight excluding hydrogens is 428 g/mol. The van der Waals surface area contributed by atoms with Gasteiger partial charge in [-0.25, -0.2) is 0 Å². The van der Waals surface area contributed by atoms with Gasteiger partial charge in [0.1, 0.15) is 5.75 Å². The summed E-state index contributed by atoms with van der Waals surface area (Å²) in [6.07, 6.45) is 3.33. The van der Waals surface area contributed by atoms with Gasteiger partial charge in [-0.2, -0.15) is 8.42 Å². The highest BCUT2D eigenvalue weighted by molar-refractivity contribution is 7.87. The Balaban J connectivity index is 1.30. The van der Waals surface area contributed by atoms with Crippen LogP contribution in [0.3, 0.4) is 0 Å². The summed E-state index contributed by atoms with van der Waals surface area (Å²) in [5.41, 5.74) is 2.28. The first kappa shape index (κ1) is 22.7. The lowest BCUT2D eigenvalue weighted by molar-refractivity contribution is 0.249. The topological polar surface area (TPSA) is 68.3 Å². The maximum absolute atomic E-state index is 12.4. The Kier molecular flexibility index (Phi) is 7.10. The fraction of sp³-hybridized carbons (Fsp3) is 0.500. The van der Waals surface area contributed by atoms with E-state index in [1.807, 2.05) is 24.3 Å². The van der Waals surface area contributed by atoms with Crippen molar-refractivity contribution < 1.29 is 22.1 Å². The van der Waals surface area contributed by atoms with Gasteiger partial charge in [0.2, 0.25) is 0 Å². The fourth-order valence-electron chi connectivity index (χ4n) is 4.49. The van der Waals surface area contributed by atoms with Gasteiger partial charge in [0.25, 0.3) is 0 Å². The van der Waals surface area contributed by atoms with Gasteiger partial charge in [0.05, 0.1) is 19.5 Å². The molecule has 0 radical (unpaired) electrons. The molecule has 2 aliphatic rings. The van der Waals surface area contributed by atoms with Crippen molar-refractivity contribution in [2.75, 3.05) is 45.3 Å². The number of ether oxygens (including phenoxy) is 2. The van der Waals surface area contributed by atoms with Crippen LogP contribution in [0.25, 0.3) is 0 Å². The molecule has 0 spiro atoms. The third-order valence-corrected chi connectivity index (χ3v) is 8.06. The van der Waals surface area contributed by atoms with Crippen LogP contribution in [0.5, 0.6) is 17.2 Å². The van der Waals surface area contributed by atoms with Crippen LogP contribution in [-0.4, -0.2) is 59.0 Å². The Morgan fingerprint density at radius 2 is 1.53 bits per heavy atom. The minimum Gasteiger partial charge on any atom is -0.493 e. The van der Waals surface area contributed by atoms with Crippen LogP contribution < -0.4 is 18.6 Å². The molecule has 0 bridgehead atoms. The highest BCUT2D eigenvalue weighted by Crippen LogP contribution is 2.30. The number of anilines is 1. The molecule has 1 heterocycles. The first-order valence-electron chi connectivity index (χ1n) is 11.2. The van der Waals surface area contributed by atoms with Crippen molar-refractivity contribution in [2.45, 2.75) is 37.5 Å². The number of piperazine rings is 1. The van der Waals surface area contributed by atoms with Crippen LogP contribution >= 0.6 is 0 Å². The summed E-state index contributed by atoms with van der Waals surface area (Å²) < 4.78 is 40.9. The molecule has 2 aromatic carbocycles. The Morgan fingerprint density at radius 1 is 0.875 bits per heavy atom. The summed E-state index contributed by atoms with van der Waals surface area (Å²) >= 11 is 0. The predicted octanol–water partition coefficient (Wildman–Crippen LogP) is 3.68. The summed E-state index contributed by atoms with van der Waals surface area (Å²) in [5.74, 6) is 1.89. The lowest BCUT2D eigenvalue weighted by atomic mass is 10.1. The molecule has 0 unspecified atom stereocenters. The van der Waals surface area contributed by atoms with Gasteiger partial charge in [-0.15, -0.1) is 0 Å². The van der Waals surface area contributed by atoms with Crippen molar-refractivity contribution in [3.8, 4) is 17.2 Å².